The Morgan fingerprint density at radius 2 is 1.18 bits per heavy atom. The minimum atomic E-state index is -4.48. The van der Waals surface area contributed by atoms with Gasteiger partial charge in [-0.3, -0.25) is 0 Å². The van der Waals surface area contributed by atoms with Crippen molar-refractivity contribution < 1.29 is 26.3 Å². The molecule has 0 radical (unpaired) electrons. The van der Waals surface area contributed by atoms with E-state index in [1.807, 2.05) is 0 Å². The van der Waals surface area contributed by atoms with Crippen LogP contribution in [0.3, 0.4) is 0 Å². The van der Waals surface area contributed by atoms with Crippen LogP contribution >= 0.6 is 0 Å². The zero-order valence-corrected chi connectivity index (χ0v) is 14.4. The Morgan fingerprint density at radius 3 is 1.50 bits per heavy atom. The highest BCUT2D eigenvalue weighted by molar-refractivity contribution is 5.37. The number of hydrogen-bond acceptors (Lipinski definition) is 3. The first-order valence-corrected chi connectivity index (χ1v) is 8.14. The maximum Gasteiger partial charge on any atom is 0.416 e. The van der Waals surface area contributed by atoms with Gasteiger partial charge in [0.2, 0.25) is 0 Å². The van der Waals surface area contributed by atoms with Gasteiger partial charge in [0.15, 0.2) is 0 Å². The van der Waals surface area contributed by atoms with Gasteiger partial charge in [-0.2, -0.15) is 26.3 Å². The van der Waals surface area contributed by atoms with E-state index in [4.69, 9.17) is 0 Å². The minimum Gasteiger partial charge on any atom is -0.229 e. The van der Waals surface area contributed by atoms with E-state index < -0.39 is 35.4 Å². The van der Waals surface area contributed by atoms with Crippen LogP contribution in [0.1, 0.15) is 41.1 Å². The SMILES string of the molecule is CC(C(c1ccc(C(F)(F)F)cc1)c1ccc(C(F)(F)F)cc1)n1cnnn1. The van der Waals surface area contributed by atoms with E-state index >= 15 is 0 Å². The minimum absolute atomic E-state index is 0.455. The molecule has 1 atom stereocenters. The van der Waals surface area contributed by atoms with Gasteiger partial charge in [0.25, 0.3) is 0 Å². The molecule has 0 spiro atoms. The fourth-order valence-corrected chi connectivity index (χ4v) is 3.02. The highest BCUT2D eigenvalue weighted by Gasteiger charge is 2.33. The van der Waals surface area contributed by atoms with Gasteiger partial charge in [-0.25, -0.2) is 4.68 Å². The summed E-state index contributed by atoms with van der Waals surface area (Å²) in [5.41, 5.74) is -0.624. The zero-order valence-electron chi connectivity index (χ0n) is 14.4. The van der Waals surface area contributed by atoms with Gasteiger partial charge in [-0.15, -0.1) is 5.10 Å². The van der Waals surface area contributed by atoms with Gasteiger partial charge in [-0.05, 0) is 52.7 Å². The lowest BCUT2D eigenvalue weighted by atomic mass is 9.85. The van der Waals surface area contributed by atoms with Crippen molar-refractivity contribution in [1.82, 2.24) is 20.2 Å². The first kappa shape index (κ1) is 19.8. The lowest BCUT2D eigenvalue weighted by Gasteiger charge is -2.25. The predicted molar refractivity (Wildman–Crippen MR) is 87.3 cm³/mol. The maximum absolute atomic E-state index is 12.8. The molecule has 0 saturated carbocycles. The van der Waals surface area contributed by atoms with E-state index in [1.165, 1.54) is 35.3 Å². The number of rotatable bonds is 4. The molecular formula is C18H14F6N4. The van der Waals surface area contributed by atoms with Crippen LogP contribution in [0.5, 0.6) is 0 Å². The average molecular weight is 400 g/mol. The molecule has 0 aliphatic rings. The molecule has 2 aromatic carbocycles. The second-order valence-electron chi connectivity index (χ2n) is 6.25. The molecule has 0 bridgehead atoms. The number of alkyl halides is 6. The molecule has 1 heterocycles. The van der Waals surface area contributed by atoms with Crippen molar-refractivity contribution >= 4 is 0 Å². The Balaban J connectivity index is 2.03. The van der Waals surface area contributed by atoms with Crippen LogP contribution in [0.4, 0.5) is 26.3 Å². The van der Waals surface area contributed by atoms with Gasteiger partial charge in [0.05, 0.1) is 17.2 Å². The first-order chi connectivity index (χ1) is 13.1. The molecule has 3 aromatic rings. The third-order valence-corrected chi connectivity index (χ3v) is 4.46. The van der Waals surface area contributed by atoms with Crippen molar-refractivity contribution in [2.24, 2.45) is 0 Å². The molecule has 1 aromatic heterocycles. The Labute approximate surface area is 155 Å². The zero-order chi connectivity index (χ0) is 20.5. The van der Waals surface area contributed by atoms with Gasteiger partial charge < -0.3 is 0 Å². The molecular weight excluding hydrogens is 386 g/mol. The molecule has 4 nitrogen and oxygen atoms in total. The van der Waals surface area contributed by atoms with Gasteiger partial charge in [0, 0.05) is 5.92 Å². The monoisotopic (exact) mass is 400 g/mol. The number of nitrogens with zero attached hydrogens (tertiary/aromatic N) is 4. The van der Waals surface area contributed by atoms with E-state index in [-0.39, 0.29) is 0 Å². The highest BCUT2D eigenvalue weighted by Crippen LogP contribution is 2.38. The van der Waals surface area contributed by atoms with Crippen molar-refractivity contribution in [3.63, 3.8) is 0 Å². The van der Waals surface area contributed by atoms with Crippen LogP contribution in [-0.4, -0.2) is 20.2 Å². The van der Waals surface area contributed by atoms with Crippen LogP contribution < -0.4 is 0 Å². The van der Waals surface area contributed by atoms with E-state index in [0.29, 0.717) is 11.1 Å². The Bertz CT molecular complexity index is 842. The van der Waals surface area contributed by atoms with Crippen LogP contribution in [0.25, 0.3) is 0 Å². The second-order valence-corrected chi connectivity index (χ2v) is 6.25. The van der Waals surface area contributed by atoms with E-state index in [9.17, 15) is 26.3 Å². The van der Waals surface area contributed by atoms with Crippen molar-refractivity contribution in [2.75, 3.05) is 0 Å². The average Bonchev–Trinajstić information content (AvgIpc) is 3.16. The van der Waals surface area contributed by atoms with Gasteiger partial charge in [0.1, 0.15) is 6.33 Å². The standard InChI is InChI=1S/C18H14F6N4/c1-11(28-10-25-26-27-28)16(12-2-6-14(7-3-12)17(19,20)21)13-4-8-15(9-5-13)18(22,23)24/h2-11,16H,1H3. The molecule has 0 amide bonds. The van der Waals surface area contributed by atoms with Gasteiger partial charge in [-0.1, -0.05) is 24.3 Å². The predicted octanol–water partition coefficient (Wildman–Crippen LogP) is 5.10. The highest BCUT2D eigenvalue weighted by atomic mass is 19.4. The largest absolute Gasteiger partial charge is 0.416 e. The summed E-state index contributed by atoms with van der Waals surface area (Å²) in [6.07, 6.45) is -7.63. The summed E-state index contributed by atoms with van der Waals surface area (Å²) in [6, 6.07) is 8.56. The summed E-state index contributed by atoms with van der Waals surface area (Å²) in [4.78, 5) is 0. The summed E-state index contributed by atoms with van der Waals surface area (Å²) < 4.78 is 78.5. The normalized spacial score (nSPS) is 13.7. The van der Waals surface area contributed by atoms with E-state index in [1.54, 1.807) is 6.92 Å². The molecule has 0 N–H and O–H groups in total. The van der Waals surface area contributed by atoms with Crippen LogP contribution in [0, 0.1) is 0 Å². The summed E-state index contributed by atoms with van der Waals surface area (Å²) in [5, 5.41) is 10.9. The number of benzene rings is 2. The molecule has 0 aliphatic heterocycles. The Morgan fingerprint density at radius 1 is 0.750 bits per heavy atom. The molecule has 0 saturated heterocycles. The van der Waals surface area contributed by atoms with E-state index in [2.05, 4.69) is 15.5 Å². The smallest absolute Gasteiger partial charge is 0.229 e. The molecule has 28 heavy (non-hydrogen) atoms. The van der Waals surface area contributed by atoms with E-state index in [0.717, 1.165) is 24.3 Å². The summed E-state index contributed by atoms with van der Waals surface area (Å²) >= 11 is 0. The maximum atomic E-state index is 12.8. The summed E-state index contributed by atoms with van der Waals surface area (Å²) in [5.74, 6) is -0.562. The van der Waals surface area contributed by atoms with Crippen molar-refractivity contribution in [2.45, 2.75) is 31.2 Å². The number of aromatic nitrogens is 4. The van der Waals surface area contributed by atoms with Crippen LogP contribution in [-0.2, 0) is 12.4 Å². The van der Waals surface area contributed by atoms with Crippen molar-refractivity contribution in [3.8, 4) is 0 Å². The number of hydrogen-bond donors (Lipinski definition) is 0. The van der Waals surface area contributed by atoms with Gasteiger partial charge >= 0.3 is 12.4 Å². The van der Waals surface area contributed by atoms with Crippen LogP contribution in [0.2, 0.25) is 0 Å². The molecule has 1 unspecified atom stereocenters. The molecule has 0 aliphatic carbocycles. The van der Waals surface area contributed by atoms with Crippen molar-refractivity contribution in [3.05, 3.63) is 77.1 Å². The molecule has 10 heteroatoms. The third kappa shape index (κ3) is 4.15. The third-order valence-electron chi connectivity index (χ3n) is 4.46. The van der Waals surface area contributed by atoms with Crippen LogP contribution in [0.15, 0.2) is 54.9 Å². The Kier molecular flexibility index (Phi) is 5.14. The molecule has 3 rings (SSSR count). The molecule has 148 valence electrons. The fourth-order valence-electron chi connectivity index (χ4n) is 3.02. The second kappa shape index (κ2) is 7.25. The van der Waals surface area contributed by atoms with Crippen molar-refractivity contribution in [1.29, 1.82) is 0 Å². The Hall–Kier alpha value is -2.91. The lowest BCUT2D eigenvalue weighted by molar-refractivity contribution is -0.138. The quantitative estimate of drug-likeness (QED) is 0.572. The lowest BCUT2D eigenvalue weighted by Crippen LogP contribution is -2.18. The molecule has 0 fully saturated rings. The summed E-state index contributed by atoms with van der Waals surface area (Å²) in [7, 11) is 0. The summed E-state index contributed by atoms with van der Waals surface area (Å²) in [6.45, 7) is 1.73. The fraction of sp³-hybridized carbons (Fsp3) is 0.278. The number of tetrazole rings is 1. The first-order valence-electron chi connectivity index (χ1n) is 8.14. The topological polar surface area (TPSA) is 43.6 Å². The number of halogens is 6.